The van der Waals surface area contributed by atoms with Gasteiger partial charge < -0.3 is 10.6 Å². The minimum Gasteiger partial charge on any atom is -0.313 e. The summed E-state index contributed by atoms with van der Waals surface area (Å²) >= 11 is 0. The zero-order valence-electron chi connectivity index (χ0n) is 11.4. The fourth-order valence-electron chi connectivity index (χ4n) is 2.42. The Hall–Kier alpha value is -0.0800. The second-order valence-corrected chi connectivity index (χ2v) is 5.73. The van der Waals surface area contributed by atoms with Gasteiger partial charge in [0.1, 0.15) is 0 Å². The zero-order chi connectivity index (χ0) is 11.8. The van der Waals surface area contributed by atoms with Crippen LogP contribution >= 0.6 is 0 Å². The molecule has 2 heteroatoms. The highest BCUT2D eigenvalue weighted by molar-refractivity contribution is 4.71. The summed E-state index contributed by atoms with van der Waals surface area (Å²) in [7, 11) is 0. The van der Waals surface area contributed by atoms with Gasteiger partial charge in [0.05, 0.1) is 0 Å². The molecule has 1 rings (SSSR count). The molecule has 0 amide bonds. The van der Waals surface area contributed by atoms with Crippen molar-refractivity contribution in [2.24, 2.45) is 5.92 Å². The lowest BCUT2D eigenvalue weighted by Gasteiger charge is -2.20. The smallest absolute Gasteiger partial charge is 0.0164 e. The number of hydrogen-bond donors (Lipinski definition) is 2. The van der Waals surface area contributed by atoms with Gasteiger partial charge >= 0.3 is 0 Å². The molecule has 2 nitrogen and oxygen atoms in total. The molecular formula is C14H30N2. The Bertz CT molecular complexity index is 160. The van der Waals surface area contributed by atoms with Crippen LogP contribution in [0.5, 0.6) is 0 Å². The standard InChI is InChI=1S/C14H30N2/c1-12(2)15-10-13(3)16-11-14-8-6-4-5-7-9-14/h12-16H,4-11H2,1-3H3. The van der Waals surface area contributed by atoms with Crippen LogP contribution in [0, 0.1) is 5.92 Å². The fourth-order valence-corrected chi connectivity index (χ4v) is 2.42. The Morgan fingerprint density at radius 3 is 2.12 bits per heavy atom. The van der Waals surface area contributed by atoms with E-state index in [-0.39, 0.29) is 0 Å². The second-order valence-electron chi connectivity index (χ2n) is 5.73. The number of nitrogens with one attached hydrogen (secondary N) is 2. The van der Waals surface area contributed by atoms with Gasteiger partial charge in [0.2, 0.25) is 0 Å². The summed E-state index contributed by atoms with van der Waals surface area (Å²) in [5.74, 6) is 0.934. The maximum absolute atomic E-state index is 3.67. The van der Waals surface area contributed by atoms with Crippen LogP contribution in [-0.4, -0.2) is 25.2 Å². The van der Waals surface area contributed by atoms with Crippen molar-refractivity contribution < 1.29 is 0 Å². The SMILES string of the molecule is CC(C)NCC(C)NCC1CCCCCC1. The molecule has 0 radical (unpaired) electrons. The molecule has 0 aromatic rings. The summed E-state index contributed by atoms with van der Waals surface area (Å²) in [6, 6.07) is 1.20. The molecule has 1 saturated carbocycles. The average molecular weight is 226 g/mol. The van der Waals surface area contributed by atoms with Crippen LogP contribution in [0.15, 0.2) is 0 Å². The monoisotopic (exact) mass is 226 g/mol. The van der Waals surface area contributed by atoms with E-state index in [1.807, 2.05) is 0 Å². The fraction of sp³-hybridized carbons (Fsp3) is 1.00. The topological polar surface area (TPSA) is 24.1 Å². The van der Waals surface area contributed by atoms with Gasteiger partial charge in [0, 0.05) is 18.6 Å². The molecule has 16 heavy (non-hydrogen) atoms. The third-order valence-electron chi connectivity index (χ3n) is 3.56. The van der Waals surface area contributed by atoms with Crippen LogP contribution in [0.4, 0.5) is 0 Å². The normalized spacial score (nSPS) is 21.0. The molecule has 0 spiro atoms. The maximum atomic E-state index is 3.67. The molecular weight excluding hydrogens is 196 g/mol. The molecule has 1 aliphatic carbocycles. The first-order chi connectivity index (χ1) is 7.68. The molecule has 0 aliphatic heterocycles. The first-order valence-corrected chi connectivity index (χ1v) is 7.15. The van der Waals surface area contributed by atoms with Crippen molar-refractivity contribution >= 4 is 0 Å². The molecule has 0 bridgehead atoms. The third-order valence-corrected chi connectivity index (χ3v) is 3.56. The summed E-state index contributed by atoms with van der Waals surface area (Å²) in [5.41, 5.74) is 0. The molecule has 1 atom stereocenters. The van der Waals surface area contributed by atoms with Crippen LogP contribution in [0.2, 0.25) is 0 Å². The Balaban J connectivity index is 2.07. The van der Waals surface area contributed by atoms with Gasteiger partial charge in [-0.1, -0.05) is 39.5 Å². The van der Waals surface area contributed by atoms with Crippen LogP contribution in [0.3, 0.4) is 0 Å². The van der Waals surface area contributed by atoms with Gasteiger partial charge in [-0.3, -0.25) is 0 Å². The van der Waals surface area contributed by atoms with Gasteiger partial charge in [-0.05, 0) is 32.2 Å². The predicted molar refractivity (Wildman–Crippen MR) is 71.8 cm³/mol. The summed E-state index contributed by atoms with van der Waals surface area (Å²) in [4.78, 5) is 0. The summed E-state index contributed by atoms with van der Waals surface area (Å²) in [6.45, 7) is 9.01. The summed E-state index contributed by atoms with van der Waals surface area (Å²) in [6.07, 6.45) is 8.70. The van der Waals surface area contributed by atoms with Crippen LogP contribution in [-0.2, 0) is 0 Å². The minimum absolute atomic E-state index is 0.599. The van der Waals surface area contributed by atoms with Gasteiger partial charge in [-0.25, -0.2) is 0 Å². The van der Waals surface area contributed by atoms with Gasteiger partial charge in [0.15, 0.2) is 0 Å². The Morgan fingerprint density at radius 2 is 1.56 bits per heavy atom. The molecule has 1 unspecified atom stereocenters. The van der Waals surface area contributed by atoms with Crippen LogP contribution in [0.25, 0.3) is 0 Å². The average Bonchev–Trinajstić information content (AvgIpc) is 2.51. The first-order valence-electron chi connectivity index (χ1n) is 7.15. The Morgan fingerprint density at radius 1 is 0.938 bits per heavy atom. The third kappa shape index (κ3) is 6.49. The van der Waals surface area contributed by atoms with Gasteiger partial charge in [0.25, 0.3) is 0 Å². The molecule has 1 aliphatic rings. The highest BCUT2D eigenvalue weighted by Gasteiger charge is 2.12. The lowest BCUT2D eigenvalue weighted by molar-refractivity contribution is 0.386. The summed E-state index contributed by atoms with van der Waals surface area (Å²) in [5, 5.41) is 7.16. The zero-order valence-corrected chi connectivity index (χ0v) is 11.4. The van der Waals surface area contributed by atoms with Crippen molar-refractivity contribution in [3.05, 3.63) is 0 Å². The largest absolute Gasteiger partial charge is 0.313 e. The summed E-state index contributed by atoms with van der Waals surface area (Å²) < 4.78 is 0. The van der Waals surface area contributed by atoms with Crippen molar-refractivity contribution in [2.45, 2.75) is 71.4 Å². The molecule has 0 aromatic heterocycles. The van der Waals surface area contributed by atoms with E-state index in [0.717, 1.165) is 12.5 Å². The van der Waals surface area contributed by atoms with Crippen molar-refractivity contribution in [3.8, 4) is 0 Å². The number of rotatable bonds is 6. The van der Waals surface area contributed by atoms with Crippen molar-refractivity contribution in [3.63, 3.8) is 0 Å². The second kappa shape index (κ2) is 8.08. The van der Waals surface area contributed by atoms with Crippen molar-refractivity contribution in [2.75, 3.05) is 13.1 Å². The molecule has 1 fully saturated rings. The van der Waals surface area contributed by atoms with Crippen molar-refractivity contribution in [1.29, 1.82) is 0 Å². The number of hydrogen-bond acceptors (Lipinski definition) is 2. The van der Waals surface area contributed by atoms with E-state index in [0.29, 0.717) is 12.1 Å². The van der Waals surface area contributed by atoms with E-state index in [9.17, 15) is 0 Å². The predicted octanol–water partition coefficient (Wildman–Crippen LogP) is 2.93. The molecule has 0 heterocycles. The van der Waals surface area contributed by atoms with E-state index >= 15 is 0 Å². The molecule has 2 N–H and O–H groups in total. The Labute approximate surface area is 102 Å². The lowest BCUT2D eigenvalue weighted by Crippen LogP contribution is -2.40. The van der Waals surface area contributed by atoms with Crippen molar-refractivity contribution in [1.82, 2.24) is 10.6 Å². The van der Waals surface area contributed by atoms with Gasteiger partial charge in [-0.2, -0.15) is 0 Å². The highest BCUT2D eigenvalue weighted by atomic mass is 15.0. The van der Waals surface area contributed by atoms with Gasteiger partial charge in [-0.15, -0.1) is 0 Å². The van der Waals surface area contributed by atoms with E-state index in [2.05, 4.69) is 31.4 Å². The van der Waals surface area contributed by atoms with Crippen LogP contribution in [0.1, 0.15) is 59.3 Å². The first kappa shape index (κ1) is 14.0. The molecule has 0 saturated heterocycles. The molecule has 96 valence electrons. The molecule has 0 aromatic carbocycles. The van der Waals surface area contributed by atoms with E-state index in [1.54, 1.807) is 0 Å². The highest BCUT2D eigenvalue weighted by Crippen LogP contribution is 2.22. The Kier molecular flexibility index (Phi) is 7.06. The van der Waals surface area contributed by atoms with E-state index in [1.165, 1.54) is 45.1 Å². The maximum Gasteiger partial charge on any atom is 0.0164 e. The van der Waals surface area contributed by atoms with Crippen LogP contribution < -0.4 is 10.6 Å². The quantitative estimate of drug-likeness (QED) is 0.681. The van der Waals surface area contributed by atoms with E-state index < -0.39 is 0 Å². The minimum atomic E-state index is 0.599. The van der Waals surface area contributed by atoms with E-state index in [4.69, 9.17) is 0 Å². The lowest BCUT2D eigenvalue weighted by atomic mass is 10.0.